The number of carbonyl (C=O) groups is 2. The lowest BCUT2D eigenvalue weighted by Crippen LogP contribution is -2.16. The standard InChI is InChI=1S/C17H14BrClO4/c1-2-22-16(20)10-23-15-8-7-11(19)9-13(15)17(21)12-5-3-4-6-14(12)18/h3-9H,2,10H2,1H3. The van der Waals surface area contributed by atoms with Gasteiger partial charge < -0.3 is 9.47 Å². The van der Waals surface area contributed by atoms with Gasteiger partial charge in [0.15, 0.2) is 12.4 Å². The van der Waals surface area contributed by atoms with E-state index in [4.69, 9.17) is 21.1 Å². The number of ketones is 1. The smallest absolute Gasteiger partial charge is 0.344 e. The van der Waals surface area contributed by atoms with E-state index in [0.717, 1.165) is 0 Å². The van der Waals surface area contributed by atoms with Gasteiger partial charge in [-0.2, -0.15) is 0 Å². The molecule has 0 aromatic heterocycles. The van der Waals surface area contributed by atoms with Gasteiger partial charge in [-0.3, -0.25) is 4.79 Å². The van der Waals surface area contributed by atoms with Crippen LogP contribution in [0.5, 0.6) is 5.75 Å². The summed E-state index contributed by atoms with van der Waals surface area (Å²) >= 11 is 9.34. The number of rotatable bonds is 6. The van der Waals surface area contributed by atoms with Crippen LogP contribution in [0.3, 0.4) is 0 Å². The van der Waals surface area contributed by atoms with Crippen molar-refractivity contribution >= 4 is 39.3 Å². The third-order valence-corrected chi connectivity index (χ3v) is 3.88. The Kier molecular flexibility index (Phi) is 6.19. The molecule has 0 saturated carbocycles. The number of ether oxygens (including phenoxy) is 2. The summed E-state index contributed by atoms with van der Waals surface area (Å²) in [5, 5.41) is 0.406. The largest absolute Gasteiger partial charge is 0.481 e. The molecule has 2 aromatic carbocycles. The molecule has 0 spiro atoms. The highest BCUT2D eigenvalue weighted by Crippen LogP contribution is 2.28. The molecule has 6 heteroatoms. The van der Waals surface area contributed by atoms with E-state index in [1.807, 2.05) is 6.07 Å². The first-order valence-electron chi connectivity index (χ1n) is 6.90. The first-order chi connectivity index (χ1) is 11.0. The van der Waals surface area contributed by atoms with Gasteiger partial charge in [-0.1, -0.05) is 39.7 Å². The lowest BCUT2D eigenvalue weighted by molar-refractivity contribution is -0.145. The quantitative estimate of drug-likeness (QED) is 0.539. The number of carbonyl (C=O) groups excluding carboxylic acids is 2. The molecule has 0 radical (unpaired) electrons. The fourth-order valence-electron chi connectivity index (χ4n) is 1.94. The Hall–Kier alpha value is -1.85. The molecule has 0 aliphatic heterocycles. The predicted molar refractivity (Wildman–Crippen MR) is 91.2 cm³/mol. The van der Waals surface area contributed by atoms with Crippen molar-refractivity contribution < 1.29 is 19.1 Å². The molecule has 0 N–H and O–H groups in total. The Bertz CT molecular complexity index is 730. The molecule has 2 aromatic rings. The van der Waals surface area contributed by atoms with E-state index in [9.17, 15) is 9.59 Å². The highest BCUT2D eigenvalue weighted by Gasteiger charge is 2.18. The van der Waals surface area contributed by atoms with Crippen molar-refractivity contribution in [2.45, 2.75) is 6.92 Å². The number of halogens is 2. The number of hydrogen-bond donors (Lipinski definition) is 0. The second-order valence-corrected chi connectivity index (χ2v) is 5.83. The Balaban J connectivity index is 2.30. The van der Waals surface area contributed by atoms with Crippen molar-refractivity contribution in [1.29, 1.82) is 0 Å². The van der Waals surface area contributed by atoms with Crippen molar-refractivity contribution in [2.75, 3.05) is 13.2 Å². The van der Waals surface area contributed by atoms with Crippen LogP contribution < -0.4 is 4.74 Å². The van der Waals surface area contributed by atoms with Crippen LogP contribution in [-0.2, 0) is 9.53 Å². The van der Waals surface area contributed by atoms with E-state index < -0.39 is 5.97 Å². The van der Waals surface area contributed by atoms with Gasteiger partial charge in [0, 0.05) is 15.1 Å². The first-order valence-corrected chi connectivity index (χ1v) is 8.07. The van der Waals surface area contributed by atoms with Gasteiger partial charge in [0.25, 0.3) is 0 Å². The molecule has 2 rings (SSSR count). The average molecular weight is 398 g/mol. The monoisotopic (exact) mass is 396 g/mol. The summed E-state index contributed by atoms with van der Waals surface area (Å²) in [6, 6.07) is 11.7. The summed E-state index contributed by atoms with van der Waals surface area (Å²) < 4.78 is 10.9. The van der Waals surface area contributed by atoms with Crippen LogP contribution in [0.1, 0.15) is 22.8 Å². The zero-order valence-corrected chi connectivity index (χ0v) is 14.7. The minimum atomic E-state index is -0.498. The summed E-state index contributed by atoms with van der Waals surface area (Å²) in [7, 11) is 0. The summed E-state index contributed by atoms with van der Waals surface area (Å²) in [6.07, 6.45) is 0. The fourth-order valence-corrected chi connectivity index (χ4v) is 2.57. The van der Waals surface area contributed by atoms with Gasteiger partial charge in [-0.25, -0.2) is 4.79 Å². The minimum Gasteiger partial charge on any atom is -0.481 e. The Morgan fingerprint density at radius 3 is 2.57 bits per heavy atom. The highest BCUT2D eigenvalue weighted by atomic mass is 79.9. The second kappa shape index (κ2) is 8.13. The van der Waals surface area contributed by atoms with Crippen LogP contribution in [0.15, 0.2) is 46.9 Å². The third kappa shape index (κ3) is 4.56. The topological polar surface area (TPSA) is 52.6 Å². The van der Waals surface area contributed by atoms with E-state index in [1.165, 1.54) is 6.07 Å². The van der Waals surface area contributed by atoms with E-state index in [0.29, 0.717) is 15.1 Å². The molecule has 120 valence electrons. The Morgan fingerprint density at radius 1 is 1.13 bits per heavy atom. The van der Waals surface area contributed by atoms with Gasteiger partial charge in [-0.05, 0) is 37.3 Å². The minimum absolute atomic E-state index is 0.251. The van der Waals surface area contributed by atoms with Crippen LogP contribution >= 0.6 is 27.5 Å². The number of benzene rings is 2. The summed E-state index contributed by atoms with van der Waals surface area (Å²) in [5.74, 6) is -0.469. The van der Waals surface area contributed by atoms with Crippen molar-refractivity contribution in [3.63, 3.8) is 0 Å². The lowest BCUT2D eigenvalue weighted by Gasteiger charge is -2.11. The zero-order chi connectivity index (χ0) is 16.8. The van der Waals surface area contributed by atoms with Crippen molar-refractivity contribution in [3.05, 3.63) is 63.1 Å². The zero-order valence-electron chi connectivity index (χ0n) is 12.3. The second-order valence-electron chi connectivity index (χ2n) is 4.54. The van der Waals surface area contributed by atoms with E-state index in [1.54, 1.807) is 37.3 Å². The van der Waals surface area contributed by atoms with Crippen LogP contribution in [0.2, 0.25) is 5.02 Å². The maximum Gasteiger partial charge on any atom is 0.344 e. The van der Waals surface area contributed by atoms with E-state index in [-0.39, 0.29) is 30.3 Å². The van der Waals surface area contributed by atoms with Crippen molar-refractivity contribution in [2.24, 2.45) is 0 Å². The molecule has 0 saturated heterocycles. The molecule has 0 fully saturated rings. The summed E-state index contributed by atoms with van der Waals surface area (Å²) in [6.45, 7) is 1.71. The highest BCUT2D eigenvalue weighted by molar-refractivity contribution is 9.10. The molecular formula is C17H14BrClO4. The maximum atomic E-state index is 12.7. The van der Waals surface area contributed by atoms with Crippen LogP contribution in [-0.4, -0.2) is 25.0 Å². The molecule has 23 heavy (non-hydrogen) atoms. The number of hydrogen-bond acceptors (Lipinski definition) is 4. The van der Waals surface area contributed by atoms with E-state index >= 15 is 0 Å². The van der Waals surface area contributed by atoms with Gasteiger partial charge in [0.1, 0.15) is 5.75 Å². The molecule has 0 amide bonds. The molecule has 0 aliphatic carbocycles. The first kappa shape index (κ1) is 17.5. The molecule has 0 unspecified atom stereocenters. The molecule has 0 bridgehead atoms. The molecular weight excluding hydrogens is 384 g/mol. The Morgan fingerprint density at radius 2 is 1.87 bits per heavy atom. The maximum absolute atomic E-state index is 12.7. The van der Waals surface area contributed by atoms with Crippen molar-refractivity contribution in [1.82, 2.24) is 0 Å². The molecule has 0 atom stereocenters. The van der Waals surface area contributed by atoms with Crippen LogP contribution in [0, 0.1) is 0 Å². The normalized spacial score (nSPS) is 10.2. The molecule has 0 heterocycles. The molecule has 0 aliphatic rings. The number of esters is 1. The van der Waals surface area contributed by atoms with Gasteiger partial charge in [-0.15, -0.1) is 0 Å². The van der Waals surface area contributed by atoms with Crippen LogP contribution in [0.25, 0.3) is 0 Å². The van der Waals surface area contributed by atoms with Crippen LogP contribution in [0.4, 0.5) is 0 Å². The average Bonchev–Trinajstić information content (AvgIpc) is 2.54. The van der Waals surface area contributed by atoms with Gasteiger partial charge >= 0.3 is 5.97 Å². The SMILES string of the molecule is CCOC(=O)COc1ccc(Cl)cc1C(=O)c1ccccc1Br. The van der Waals surface area contributed by atoms with Crippen molar-refractivity contribution in [3.8, 4) is 5.75 Å². The fraction of sp³-hybridized carbons (Fsp3) is 0.176. The Labute approximate surface area is 147 Å². The third-order valence-electron chi connectivity index (χ3n) is 2.96. The predicted octanol–water partition coefficient (Wildman–Crippen LogP) is 4.28. The van der Waals surface area contributed by atoms with E-state index in [2.05, 4.69) is 15.9 Å². The lowest BCUT2D eigenvalue weighted by atomic mass is 10.0. The molecule has 4 nitrogen and oxygen atoms in total. The summed E-state index contributed by atoms with van der Waals surface area (Å²) in [4.78, 5) is 24.1. The van der Waals surface area contributed by atoms with Gasteiger partial charge in [0.2, 0.25) is 0 Å². The van der Waals surface area contributed by atoms with Gasteiger partial charge in [0.05, 0.1) is 12.2 Å². The summed E-state index contributed by atoms with van der Waals surface area (Å²) in [5.41, 5.74) is 0.768.